The Labute approximate surface area is 185 Å². The lowest BCUT2D eigenvalue weighted by Crippen LogP contribution is -2.38. The first kappa shape index (κ1) is 20.3. The van der Waals surface area contributed by atoms with Crippen LogP contribution in [0.2, 0.25) is 0 Å². The Hall–Kier alpha value is -3.61. The van der Waals surface area contributed by atoms with E-state index in [-0.39, 0.29) is 11.5 Å². The molecule has 1 aliphatic heterocycles. The summed E-state index contributed by atoms with van der Waals surface area (Å²) in [6.45, 7) is 1.80. The molecular weight excluding hydrogens is 404 g/mol. The Kier molecular flexibility index (Phi) is 5.39. The van der Waals surface area contributed by atoms with Gasteiger partial charge in [-0.1, -0.05) is 12.1 Å². The van der Waals surface area contributed by atoms with Crippen molar-refractivity contribution in [2.45, 2.75) is 31.7 Å². The second-order valence-corrected chi connectivity index (χ2v) is 8.32. The number of fused-ring (bicyclic) bond motifs is 2. The average Bonchev–Trinajstić information content (AvgIpc) is 3.27. The number of ether oxygens (including phenoxy) is 1. The van der Waals surface area contributed by atoms with Crippen LogP contribution in [0.4, 0.5) is 0 Å². The highest BCUT2D eigenvalue weighted by molar-refractivity contribution is 5.85. The highest BCUT2D eigenvalue weighted by atomic mass is 16.5. The lowest BCUT2D eigenvalue weighted by molar-refractivity contribution is -0.132. The summed E-state index contributed by atoms with van der Waals surface area (Å²) >= 11 is 0. The van der Waals surface area contributed by atoms with Gasteiger partial charge >= 0.3 is 0 Å². The molecular formula is C25H26N4O3. The van der Waals surface area contributed by atoms with Gasteiger partial charge in [0.25, 0.3) is 5.56 Å². The summed E-state index contributed by atoms with van der Waals surface area (Å²) < 4.78 is 6.92. The van der Waals surface area contributed by atoms with Crippen LogP contribution in [0.15, 0.2) is 59.8 Å². The third kappa shape index (κ3) is 3.75. The molecule has 1 fully saturated rings. The summed E-state index contributed by atoms with van der Waals surface area (Å²) in [4.78, 5) is 35.0. The average molecular weight is 431 g/mol. The molecule has 0 bridgehead atoms. The number of likely N-dealkylation sites (tertiary alicyclic amines) is 1. The molecule has 2 aromatic heterocycles. The number of aryl methyl sites for hydroxylation is 1. The van der Waals surface area contributed by atoms with Gasteiger partial charge < -0.3 is 14.6 Å². The molecule has 3 heterocycles. The Morgan fingerprint density at radius 3 is 2.78 bits per heavy atom. The van der Waals surface area contributed by atoms with Crippen molar-refractivity contribution in [3.63, 3.8) is 0 Å². The van der Waals surface area contributed by atoms with Crippen LogP contribution in [-0.4, -0.2) is 45.5 Å². The first-order valence-electron chi connectivity index (χ1n) is 11.0. The predicted octanol–water partition coefficient (Wildman–Crippen LogP) is 3.68. The van der Waals surface area contributed by atoms with E-state index in [4.69, 9.17) is 4.74 Å². The van der Waals surface area contributed by atoms with Gasteiger partial charge in [0.15, 0.2) is 0 Å². The molecule has 0 atom stereocenters. The number of methoxy groups -OCH3 is 1. The first-order valence-corrected chi connectivity index (χ1v) is 11.0. The van der Waals surface area contributed by atoms with Crippen LogP contribution in [-0.2, 0) is 11.3 Å². The summed E-state index contributed by atoms with van der Waals surface area (Å²) in [7, 11) is 1.68. The van der Waals surface area contributed by atoms with Crippen LogP contribution in [0.5, 0.6) is 5.75 Å². The maximum absolute atomic E-state index is 12.8. The highest BCUT2D eigenvalue weighted by Gasteiger charge is 2.25. The van der Waals surface area contributed by atoms with Crippen LogP contribution in [0.3, 0.4) is 0 Å². The van der Waals surface area contributed by atoms with Crippen LogP contribution in [0.25, 0.3) is 21.8 Å². The number of carbonyl (C=O) groups is 1. The minimum absolute atomic E-state index is 0.0871. The van der Waals surface area contributed by atoms with Crippen molar-refractivity contribution in [1.82, 2.24) is 19.4 Å². The summed E-state index contributed by atoms with van der Waals surface area (Å²) in [5.74, 6) is 1.35. The van der Waals surface area contributed by atoms with Crippen molar-refractivity contribution in [3.8, 4) is 5.75 Å². The number of piperidine rings is 1. The lowest BCUT2D eigenvalue weighted by Gasteiger charge is -2.32. The number of aromatic nitrogens is 3. The molecule has 1 N–H and O–H groups in total. The number of aromatic amines is 1. The van der Waals surface area contributed by atoms with Gasteiger partial charge in [-0.3, -0.25) is 14.2 Å². The second-order valence-electron chi connectivity index (χ2n) is 8.32. The molecule has 0 spiro atoms. The molecule has 1 saturated heterocycles. The van der Waals surface area contributed by atoms with Crippen molar-refractivity contribution >= 4 is 27.7 Å². The summed E-state index contributed by atoms with van der Waals surface area (Å²) in [6.07, 6.45) is 5.77. The van der Waals surface area contributed by atoms with E-state index in [9.17, 15) is 9.59 Å². The molecule has 0 radical (unpaired) electrons. The first-order chi connectivity index (χ1) is 15.6. The third-order valence-corrected chi connectivity index (χ3v) is 6.51. The monoisotopic (exact) mass is 430 g/mol. The zero-order valence-electron chi connectivity index (χ0n) is 18.1. The molecule has 1 aliphatic rings. The number of hydrogen-bond donors (Lipinski definition) is 1. The number of hydrogen-bond acceptors (Lipinski definition) is 4. The van der Waals surface area contributed by atoms with Crippen LogP contribution < -0.4 is 10.3 Å². The fourth-order valence-electron chi connectivity index (χ4n) is 4.67. The quantitative estimate of drug-likeness (QED) is 0.524. The maximum Gasteiger partial charge on any atom is 0.261 e. The number of nitrogens with zero attached hydrogens (tertiary/aromatic N) is 3. The topological polar surface area (TPSA) is 80.2 Å². The van der Waals surface area contributed by atoms with Crippen LogP contribution >= 0.6 is 0 Å². The Morgan fingerprint density at radius 2 is 1.97 bits per heavy atom. The zero-order chi connectivity index (χ0) is 22.1. The fraction of sp³-hybridized carbons (Fsp3) is 0.320. The van der Waals surface area contributed by atoms with E-state index in [0.717, 1.165) is 37.2 Å². The molecule has 7 heteroatoms. The van der Waals surface area contributed by atoms with E-state index < -0.39 is 0 Å². The smallest absolute Gasteiger partial charge is 0.261 e. The number of carbonyl (C=O) groups excluding carboxylic acids is 1. The number of para-hydroxylation sites is 1. The van der Waals surface area contributed by atoms with Gasteiger partial charge in [-0.15, -0.1) is 0 Å². The van der Waals surface area contributed by atoms with Gasteiger partial charge in [0.05, 0.1) is 24.3 Å². The molecule has 0 aliphatic carbocycles. The molecule has 2 aromatic carbocycles. The van der Waals surface area contributed by atoms with Gasteiger partial charge in [-0.05, 0) is 54.7 Å². The number of amides is 1. The number of nitrogens with one attached hydrogen (secondary N) is 1. The fourth-order valence-corrected chi connectivity index (χ4v) is 4.67. The van der Waals surface area contributed by atoms with E-state index in [1.165, 1.54) is 21.8 Å². The summed E-state index contributed by atoms with van der Waals surface area (Å²) in [6, 6.07) is 13.4. The molecule has 164 valence electrons. The molecule has 1 amide bonds. The predicted molar refractivity (Wildman–Crippen MR) is 124 cm³/mol. The summed E-state index contributed by atoms with van der Waals surface area (Å²) in [5, 5.41) is 1.77. The minimum atomic E-state index is -0.100. The minimum Gasteiger partial charge on any atom is -0.497 e. The van der Waals surface area contributed by atoms with Crippen molar-refractivity contribution < 1.29 is 9.53 Å². The molecule has 32 heavy (non-hydrogen) atoms. The number of rotatable bonds is 5. The number of H-pyrrole nitrogens is 1. The van der Waals surface area contributed by atoms with Crippen molar-refractivity contribution in [1.29, 1.82) is 0 Å². The van der Waals surface area contributed by atoms with E-state index >= 15 is 0 Å². The van der Waals surface area contributed by atoms with Crippen molar-refractivity contribution in [2.24, 2.45) is 0 Å². The van der Waals surface area contributed by atoms with Crippen molar-refractivity contribution in [2.75, 3.05) is 20.2 Å². The highest BCUT2D eigenvalue weighted by Crippen LogP contribution is 2.34. The van der Waals surface area contributed by atoms with Gasteiger partial charge in [0.1, 0.15) is 5.75 Å². The Morgan fingerprint density at radius 1 is 1.16 bits per heavy atom. The molecule has 5 rings (SSSR count). The Bertz CT molecular complexity index is 1330. The largest absolute Gasteiger partial charge is 0.497 e. The van der Waals surface area contributed by atoms with E-state index in [1.807, 2.05) is 35.2 Å². The van der Waals surface area contributed by atoms with E-state index in [2.05, 4.69) is 22.2 Å². The van der Waals surface area contributed by atoms with Gasteiger partial charge in [0.2, 0.25) is 5.91 Å². The second kappa shape index (κ2) is 8.49. The molecule has 4 aromatic rings. The van der Waals surface area contributed by atoms with E-state index in [1.54, 1.807) is 13.2 Å². The SMILES string of the molecule is COc1ccc2[nH]cc(C3CCN(C(=O)CCn4cnc5ccccc5c4=O)CC3)c2c1. The maximum atomic E-state index is 12.8. The number of benzene rings is 2. The Balaban J connectivity index is 1.22. The van der Waals surface area contributed by atoms with Gasteiger partial charge in [0, 0.05) is 43.2 Å². The normalized spacial score (nSPS) is 14.8. The lowest BCUT2D eigenvalue weighted by atomic mass is 9.89. The third-order valence-electron chi connectivity index (χ3n) is 6.51. The standard InChI is InChI=1S/C25H26N4O3/c1-32-18-6-7-23-20(14-18)21(15-26-23)17-8-11-28(12-9-17)24(30)10-13-29-16-27-22-5-3-2-4-19(22)25(29)31/h2-7,14-17,26H,8-13H2,1H3. The molecule has 7 nitrogen and oxygen atoms in total. The van der Waals surface area contributed by atoms with Crippen LogP contribution in [0.1, 0.15) is 30.7 Å². The molecule has 0 unspecified atom stereocenters. The van der Waals surface area contributed by atoms with Gasteiger partial charge in [-0.25, -0.2) is 4.98 Å². The van der Waals surface area contributed by atoms with E-state index in [0.29, 0.717) is 29.8 Å². The molecule has 0 saturated carbocycles. The van der Waals surface area contributed by atoms with Gasteiger partial charge in [-0.2, -0.15) is 0 Å². The van der Waals surface area contributed by atoms with Crippen molar-refractivity contribution in [3.05, 3.63) is 70.9 Å². The van der Waals surface area contributed by atoms with Crippen LogP contribution in [0, 0.1) is 0 Å². The summed E-state index contributed by atoms with van der Waals surface area (Å²) in [5.41, 5.74) is 2.97. The zero-order valence-corrected chi connectivity index (χ0v) is 18.1.